The average Bonchev–Trinajstić information content (AvgIpc) is 2.83. The van der Waals surface area contributed by atoms with E-state index in [0.717, 1.165) is 5.56 Å². The maximum atomic E-state index is 9.19. The molecule has 0 saturated heterocycles. The summed E-state index contributed by atoms with van der Waals surface area (Å²) in [4.78, 5) is 0. The lowest BCUT2D eigenvalue weighted by atomic mass is 9.98. The van der Waals surface area contributed by atoms with E-state index in [-0.39, 0.29) is 13.4 Å². The third-order valence-corrected chi connectivity index (χ3v) is 2.68. The summed E-state index contributed by atoms with van der Waals surface area (Å²) in [5.41, 5.74) is 7.31. The van der Waals surface area contributed by atoms with Gasteiger partial charge in [-0.15, -0.1) is 0 Å². The van der Waals surface area contributed by atoms with Gasteiger partial charge in [-0.25, -0.2) is 0 Å². The van der Waals surface area contributed by atoms with Gasteiger partial charge in [-0.2, -0.15) is 0 Å². The van der Waals surface area contributed by atoms with Gasteiger partial charge < -0.3 is 25.1 Å². The maximum Gasteiger partial charge on any atom is 0.231 e. The minimum absolute atomic E-state index is 0.153. The van der Waals surface area contributed by atoms with Crippen LogP contribution in [0, 0.1) is 0 Å². The lowest BCUT2D eigenvalue weighted by Gasteiger charge is -2.18. The molecule has 1 heterocycles. The lowest BCUT2D eigenvalue weighted by molar-refractivity contribution is 0.171. The molecule has 0 bridgehead atoms. The average molecular weight is 237 g/mol. The largest absolute Gasteiger partial charge is 0.492 e. The number of aliphatic hydroxyl groups excluding tert-OH is 1. The van der Waals surface area contributed by atoms with E-state index in [2.05, 4.69) is 6.58 Å². The van der Waals surface area contributed by atoms with E-state index >= 15 is 0 Å². The highest BCUT2D eigenvalue weighted by atomic mass is 16.7. The summed E-state index contributed by atoms with van der Waals surface area (Å²) < 4.78 is 15.9. The van der Waals surface area contributed by atoms with Crippen molar-refractivity contribution in [3.05, 3.63) is 23.8 Å². The predicted octanol–water partition coefficient (Wildman–Crippen LogP) is 1.06. The van der Waals surface area contributed by atoms with Crippen molar-refractivity contribution >= 4 is 6.08 Å². The van der Waals surface area contributed by atoms with Gasteiger partial charge in [0, 0.05) is 5.56 Å². The monoisotopic (exact) mass is 237 g/mol. The van der Waals surface area contributed by atoms with E-state index in [9.17, 15) is 5.11 Å². The number of fused-ring (bicyclic) bond motifs is 1. The summed E-state index contributed by atoms with van der Waals surface area (Å²) in [6.07, 6.45) is 1.65. The number of benzene rings is 1. The van der Waals surface area contributed by atoms with Crippen molar-refractivity contribution in [2.24, 2.45) is 5.73 Å². The first kappa shape index (κ1) is 11.8. The summed E-state index contributed by atoms with van der Waals surface area (Å²) in [5, 5.41) is 9.19. The fourth-order valence-corrected chi connectivity index (χ4v) is 1.89. The van der Waals surface area contributed by atoms with Gasteiger partial charge in [-0.05, 0) is 11.6 Å². The first-order chi connectivity index (χ1) is 8.22. The molecule has 17 heavy (non-hydrogen) atoms. The van der Waals surface area contributed by atoms with Crippen molar-refractivity contribution < 1.29 is 19.3 Å². The number of ether oxygens (including phenoxy) is 3. The highest BCUT2D eigenvalue weighted by Gasteiger charge is 2.26. The van der Waals surface area contributed by atoms with E-state index in [1.807, 2.05) is 0 Å². The number of hydrogen-bond acceptors (Lipinski definition) is 5. The van der Waals surface area contributed by atoms with E-state index in [4.69, 9.17) is 19.9 Å². The Morgan fingerprint density at radius 3 is 3.00 bits per heavy atom. The topological polar surface area (TPSA) is 73.9 Å². The van der Waals surface area contributed by atoms with E-state index in [0.29, 0.717) is 22.8 Å². The molecule has 1 atom stereocenters. The van der Waals surface area contributed by atoms with Crippen molar-refractivity contribution in [1.82, 2.24) is 0 Å². The molecule has 5 heteroatoms. The molecule has 0 fully saturated rings. The quantitative estimate of drug-likeness (QED) is 0.819. The molecule has 0 amide bonds. The van der Waals surface area contributed by atoms with Gasteiger partial charge in [0.05, 0.1) is 19.8 Å². The lowest BCUT2D eigenvalue weighted by Crippen LogP contribution is -2.17. The van der Waals surface area contributed by atoms with Crippen LogP contribution in [0.5, 0.6) is 17.2 Å². The third-order valence-electron chi connectivity index (χ3n) is 2.68. The van der Waals surface area contributed by atoms with Crippen molar-refractivity contribution in [3.8, 4) is 17.2 Å². The Morgan fingerprint density at radius 1 is 1.65 bits per heavy atom. The van der Waals surface area contributed by atoms with Gasteiger partial charge in [-0.1, -0.05) is 12.7 Å². The molecule has 1 aliphatic rings. The maximum absolute atomic E-state index is 9.19. The summed E-state index contributed by atoms with van der Waals surface area (Å²) in [5.74, 6) is 1.62. The minimum atomic E-state index is -0.549. The van der Waals surface area contributed by atoms with Crippen LogP contribution in [0.15, 0.2) is 12.6 Å². The molecule has 0 aromatic heterocycles. The molecule has 3 N–H and O–H groups in total. The summed E-state index contributed by atoms with van der Waals surface area (Å²) in [7, 11) is 1.53. The van der Waals surface area contributed by atoms with Crippen LogP contribution in [0.2, 0.25) is 0 Å². The van der Waals surface area contributed by atoms with Gasteiger partial charge in [0.2, 0.25) is 12.5 Å². The zero-order valence-electron chi connectivity index (χ0n) is 9.60. The first-order valence-electron chi connectivity index (χ1n) is 5.22. The van der Waals surface area contributed by atoms with E-state index < -0.39 is 6.04 Å². The molecule has 2 rings (SSSR count). The second-order valence-corrected chi connectivity index (χ2v) is 3.64. The predicted molar refractivity (Wildman–Crippen MR) is 63.2 cm³/mol. The number of nitrogens with two attached hydrogens (primary N) is 1. The molecule has 0 spiro atoms. The smallest absolute Gasteiger partial charge is 0.231 e. The van der Waals surface area contributed by atoms with Crippen molar-refractivity contribution in [3.63, 3.8) is 0 Å². The molecular formula is C12H15NO4. The zero-order chi connectivity index (χ0) is 12.4. The number of hydrogen-bond donors (Lipinski definition) is 2. The zero-order valence-corrected chi connectivity index (χ0v) is 9.60. The van der Waals surface area contributed by atoms with Crippen LogP contribution in [-0.2, 0) is 0 Å². The fourth-order valence-electron chi connectivity index (χ4n) is 1.89. The van der Waals surface area contributed by atoms with E-state index in [1.165, 1.54) is 7.11 Å². The van der Waals surface area contributed by atoms with Crippen LogP contribution in [0.25, 0.3) is 6.08 Å². The highest BCUT2D eigenvalue weighted by molar-refractivity contribution is 5.68. The molecule has 1 aromatic rings. The molecule has 0 saturated carbocycles. The first-order valence-corrected chi connectivity index (χ1v) is 5.22. The molecule has 5 nitrogen and oxygen atoms in total. The molecule has 0 unspecified atom stereocenters. The molecule has 1 aromatic carbocycles. The van der Waals surface area contributed by atoms with Crippen molar-refractivity contribution in [2.75, 3.05) is 20.5 Å². The standard InChI is InChI=1S/C12H15NO4/c1-3-7-4-9-11(17-6-16-9)12(15-2)10(7)8(13)5-14/h3-4,8,14H,1,5-6,13H2,2H3/t8-/m1/s1. The molecular weight excluding hydrogens is 222 g/mol. The molecule has 0 aliphatic carbocycles. The molecule has 92 valence electrons. The van der Waals surface area contributed by atoms with Gasteiger partial charge in [0.25, 0.3) is 0 Å². The Balaban J connectivity index is 2.65. The second-order valence-electron chi connectivity index (χ2n) is 3.64. The number of aliphatic hydroxyl groups is 1. The Labute approximate surface area is 99.4 Å². The number of methoxy groups -OCH3 is 1. The Morgan fingerprint density at radius 2 is 2.41 bits per heavy atom. The van der Waals surface area contributed by atoms with Gasteiger partial charge >= 0.3 is 0 Å². The summed E-state index contributed by atoms with van der Waals surface area (Å²) in [6, 6.07) is 1.23. The van der Waals surface area contributed by atoms with Crippen LogP contribution in [0.3, 0.4) is 0 Å². The minimum Gasteiger partial charge on any atom is -0.492 e. The normalized spacial score (nSPS) is 14.5. The second kappa shape index (κ2) is 4.65. The summed E-state index contributed by atoms with van der Waals surface area (Å²) in [6.45, 7) is 3.69. The van der Waals surface area contributed by atoms with Crippen LogP contribution in [0.4, 0.5) is 0 Å². The van der Waals surface area contributed by atoms with Gasteiger partial charge in [0.1, 0.15) is 0 Å². The Kier molecular flexibility index (Phi) is 3.21. The van der Waals surface area contributed by atoms with Gasteiger partial charge in [-0.3, -0.25) is 0 Å². The Hall–Kier alpha value is -1.72. The molecule has 1 aliphatic heterocycles. The third kappa shape index (κ3) is 1.83. The highest BCUT2D eigenvalue weighted by Crippen LogP contribution is 2.46. The molecule has 0 radical (unpaired) electrons. The fraction of sp³-hybridized carbons (Fsp3) is 0.333. The van der Waals surface area contributed by atoms with Gasteiger partial charge in [0.15, 0.2) is 11.5 Å². The van der Waals surface area contributed by atoms with Crippen LogP contribution in [0.1, 0.15) is 17.2 Å². The Bertz CT molecular complexity index is 445. The van der Waals surface area contributed by atoms with Crippen molar-refractivity contribution in [1.29, 1.82) is 0 Å². The SMILES string of the molecule is C=Cc1cc2c(c(OC)c1[C@H](N)CO)OCO2. The summed E-state index contributed by atoms with van der Waals surface area (Å²) >= 11 is 0. The van der Waals surface area contributed by atoms with Crippen molar-refractivity contribution in [2.45, 2.75) is 6.04 Å². The van der Waals surface area contributed by atoms with Crippen LogP contribution in [-0.4, -0.2) is 25.6 Å². The van der Waals surface area contributed by atoms with E-state index in [1.54, 1.807) is 12.1 Å². The van der Waals surface area contributed by atoms with Crippen LogP contribution >= 0.6 is 0 Å². The number of rotatable bonds is 4. The van der Waals surface area contributed by atoms with Crippen LogP contribution < -0.4 is 19.9 Å².